The highest BCUT2D eigenvalue weighted by atomic mass is 16.4. The molecule has 116 valence electrons. The Kier molecular flexibility index (Phi) is 3.51. The van der Waals surface area contributed by atoms with Gasteiger partial charge in [0, 0.05) is 6.08 Å². The number of carboxylic acid groups (broad SMARTS) is 1. The van der Waals surface area contributed by atoms with E-state index in [0.29, 0.717) is 0 Å². The third-order valence-electron chi connectivity index (χ3n) is 4.51. The van der Waals surface area contributed by atoms with E-state index in [9.17, 15) is 4.79 Å². The maximum Gasteiger partial charge on any atom is 0.328 e. The third-order valence-corrected chi connectivity index (χ3v) is 4.51. The van der Waals surface area contributed by atoms with E-state index in [-0.39, 0.29) is 0 Å². The molecule has 0 spiro atoms. The van der Waals surface area contributed by atoms with Crippen molar-refractivity contribution in [2.24, 2.45) is 0 Å². The van der Waals surface area contributed by atoms with Gasteiger partial charge < -0.3 is 5.11 Å². The molecule has 0 bridgehead atoms. The van der Waals surface area contributed by atoms with Crippen LogP contribution in [0.4, 0.5) is 0 Å². The van der Waals surface area contributed by atoms with Gasteiger partial charge in [-0.1, -0.05) is 66.7 Å². The maximum absolute atomic E-state index is 10.9. The van der Waals surface area contributed by atoms with Gasteiger partial charge in [0.15, 0.2) is 0 Å². The minimum atomic E-state index is -0.935. The van der Waals surface area contributed by atoms with Gasteiger partial charge in [0.1, 0.15) is 0 Å². The van der Waals surface area contributed by atoms with Gasteiger partial charge in [-0.25, -0.2) is 4.79 Å². The van der Waals surface area contributed by atoms with E-state index in [0.717, 1.165) is 17.5 Å². The van der Waals surface area contributed by atoms with Crippen molar-refractivity contribution < 1.29 is 9.90 Å². The number of aliphatic carboxylic acids is 1. The molecule has 0 aliphatic heterocycles. The van der Waals surface area contributed by atoms with Gasteiger partial charge >= 0.3 is 5.97 Å². The zero-order chi connectivity index (χ0) is 16.5. The van der Waals surface area contributed by atoms with E-state index >= 15 is 0 Å². The van der Waals surface area contributed by atoms with Gasteiger partial charge in [0.25, 0.3) is 0 Å². The van der Waals surface area contributed by atoms with Crippen LogP contribution in [-0.4, -0.2) is 11.1 Å². The maximum atomic E-state index is 10.9. The largest absolute Gasteiger partial charge is 0.478 e. The summed E-state index contributed by atoms with van der Waals surface area (Å²) in [6, 6.07) is 22.8. The van der Waals surface area contributed by atoms with E-state index in [4.69, 9.17) is 5.11 Å². The highest BCUT2D eigenvalue weighted by Gasteiger charge is 2.21. The summed E-state index contributed by atoms with van der Waals surface area (Å²) in [5.41, 5.74) is 8.40. The molecule has 3 aromatic carbocycles. The van der Waals surface area contributed by atoms with Crippen LogP contribution < -0.4 is 0 Å². The van der Waals surface area contributed by atoms with Crippen LogP contribution in [0.1, 0.15) is 16.7 Å². The molecule has 24 heavy (non-hydrogen) atoms. The first-order valence-corrected chi connectivity index (χ1v) is 7.94. The topological polar surface area (TPSA) is 37.3 Å². The monoisotopic (exact) mass is 312 g/mol. The lowest BCUT2D eigenvalue weighted by atomic mass is 9.92. The van der Waals surface area contributed by atoms with Crippen LogP contribution in [0.2, 0.25) is 0 Å². The quantitative estimate of drug-likeness (QED) is 0.539. The normalized spacial score (nSPS) is 12.2. The second kappa shape index (κ2) is 5.82. The average Bonchev–Trinajstić information content (AvgIpc) is 2.99. The molecule has 0 heterocycles. The molecule has 1 N–H and O–H groups in total. The van der Waals surface area contributed by atoms with Crippen LogP contribution in [0, 0.1) is 0 Å². The van der Waals surface area contributed by atoms with Crippen LogP contribution in [0.3, 0.4) is 0 Å². The van der Waals surface area contributed by atoms with E-state index in [1.54, 1.807) is 6.08 Å². The SMILES string of the molecule is O=C(O)C=Cc1ccccc1-c1cccc2c1Cc1ccccc1-2. The van der Waals surface area contributed by atoms with Gasteiger partial charge in [0.05, 0.1) is 0 Å². The zero-order valence-corrected chi connectivity index (χ0v) is 13.1. The molecular formula is C22H16O2. The first-order valence-electron chi connectivity index (χ1n) is 7.94. The van der Waals surface area contributed by atoms with Crippen molar-refractivity contribution in [2.75, 3.05) is 0 Å². The Labute approximate surface area is 140 Å². The molecule has 0 radical (unpaired) electrons. The van der Waals surface area contributed by atoms with Crippen molar-refractivity contribution in [3.05, 3.63) is 89.5 Å². The van der Waals surface area contributed by atoms with Crippen molar-refractivity contribution in [2.45, 2.75) is 6.42 Å². The Balaban J connectivity index is 1.88. The third kappa shape index (κ3) is 2.42. The zero-order valence-electron chi connectivity index (χ0n) is 13.1. The van der Waals surface area contributed by atoms with E-state index in [1.165, 1.54) is 33.9 Å². The van der Waals surface area contributed by atoms with Crippen LogP contribution >= 0.6 is 0 Å². The smallest absolute Gasteiger partial charge is 0.328 e. The molecule has 4 rings (SSSR count). The van der Waals surface area contributed by atoms with Gasteiger partial charge in [-0.05, 0) is 51.4 Å². The summed E-state index contributed by atoms with van der Waals surface area (Å²) < 4.78 is 0. The Morgan fingerprint density at radius 1 is 0.792 bits per heavy atom. The van der Waals surface area contributed by atoms with Gasteiger partial charge in [-0.3, -0.25) is 0 Å². The molecule has 2 heteroatoms. The van der Waals surface area contributed by atoms with Crippen molar-refractivity contribution in [3.63, 3.8) is 0 Å². The van der Waals surface area contributed by atoms with Gasteiger partial charge in [-0.15, -0.1) is 0 Å². The standard InChI is InChI=1S/C22H16O2/c23-22(24)13-12-15-6-1-3-8-17(15)19-10-5-11-20-18-9-4-2-7-16(18)14-21(19)20/h1-13H,14H2,(H,23,24). The summed E-state index contributed by atoms with van der Waals surface area (Å²) in [5, 5.41) is 8.92. The number of carbonyl (C=O) groups is 1. The van der Waals surface area contributed by atoms with Crippen molar-refractivity contribution in [1.29, 1.82) is 0 Å². The highest BCUT2D eigenvalue weighted by Crippen LogP contribution is 2.42. The average molecular weight is 312 g/mol. The number of carboxylic acids is 1. The number of fused-ring (bicyclic) bond motifs is 3. The Bertz CT molecular complexity index is 967. The summed E-state index contributed by atoms with van der Waals surface area (Å²) in [7, 11) is 0. The first-order chi connectivity index (χ1) is 11.7. The lowest BCUT2D eigenvalue weighted by Crippen LogP contribution is -1.91. The molecule has 3 aromatic rings. The van der Waals surface area contributed by atoms with Crippen molar-refractivity contribution >= 4 is 12.0 Å². The van der Waals surface area contributed by atoms with Gasteiger partial charge in [-0.2, -0.15) is 0 Å². The summed E-state index contributed by atoms with van der Waals surface area (Å²) in [6.45, 7) is 0. The molecule has 0 aromatic heterocycles. The minimum Gasteiger partial charge on any atom is -0.478 e. The fraction of sp³-hybridized carbons (Fsp3) is 0.0455. The lowest BCUT2D eigenvalue weighted by molar-refractivity contribution is -0.131. The van der Waals surface area contributed by atoms with Crippen LogP contribution in [0.25, 0.3) is 28.3 Å². The molecule has 0 fully saturated rings. The Morgan fingerprint density at radius 3 is 2.21 bits per heavy atom. The number of hydrogen-bond donors (Lipinski definition) is 1. The summed E-state index contributed by atoms with van der Waals surface area (Å²) >= 11 is 0. The summed E-state index contributed by atoms with van der Waals surface area (Å²) in [5.74, 6) is -0.935. The van der Waals surface area contributed by atoms with Crippen LogP contribution in [0.5, 0.6) is 0 Å². The Morgan fingerprint density at radius 2 is 1.42 bits per heavy atom. The molecule has 1 aliphatic carbocycles. The summed E-state index contributed by atoms with van der Waals surface area (Å²) in [6.07, 6.45) is 3.77. The van der Waals surface area contributed by atoms with Gasteiger partial charge in [0.2, 0.25) is 0 Å². The fourth-order valence-electron chi connectivity index (χ4n) is 3.46. The molecule has 0 unspecified atom stereocenters. The molecule has 0 saturated carbocycles. The molecule has 0 saturated heterocycles. The second-order valence-corrected chi connectivity index (χ2v) is 5.92. The number of rotatable bonds is 3. The predicted molar refractivity (Wildman–Crippen MR) is 96.8 cm³/mol. The number of hydrogen-bond acceptors (Lipinski definition) is 1. The highest BCUT2D eigenvalue weighted by molar-refractivity contribution is 5.90. The molecule has 0 atom stereocenters. The van der Waals surface area contributed by atoms with Crippen LogP contribution in [0.15, 0.2) is 72.8 Å². The lowest BCUT2D eigenvalue weighted by Gasteiger charge is -2.11. The van der Waals surface area contributed by atoms with E-state index in [2.05, 4.69) is 48.5 Å². The fourth-order valence-corrected chi connectivity index (χ4v) is 3.46. The molecule has 0 amide bonds. The molecule has 2 nitrogen and oxygen atoms in total. The van der Waals surface area contributed by atoms with E-state index < -0.39 is 5.97 Å². The minimum absolute atomic E-state index is 0.915. The Hall–Kier alpha value is -3.13. The predicted octanol–water partition coefficient (Wildman–Crippen LogP) is 5.02. The van der Waals surface area contributed by atoms with Crippen LogP contribution in [-0.2, 0) is 11.2 Å². The van der Waals surface area contributed by atoms with Crippen molar-refractivity contribution in [3.8, 4) is 22.3 Å². The molecular weight excluding hydrogens is 296 g/mol. The molecule has 1 aliphatic rings. The first kappa shape index (κ1) is 14.5. The van der Waals surface area contributed by atoms with Crippen molar-refractivity contribution in [1.82, 2.24) is 0 Å². The summed E-state index contributed by atoms with van der Waals surface area (Å²) in [4.78, 5) is 10.9. The second-order valence-electron chi connectivity index (χ2n) is 5.92. The number of benzene rings is 3. The van der Waals surface area contributed by atoms with E-state index in [1.807, 2.05) is 18.2 Å².